The van der Waals surface area contributed by atoms with Crippen LogP contribution in [-0.2, 0) is 24.4 Å². The van der Waals surface area contributed by atoms with Crippen LogP contribution in [0.2, 0.25) is 0 Å². The highest BCUT2D eigenvalue weighted by molar-refractivity contribution is 7.89. The lowest BCUT2D eigenvalue weighted by Crippen LogP contribution is -2.55. The molecular weight excluding hydrogens is 577 g/mol. The number of amides is 2. The molecule has 14 heteroatoms. The van der Waals surface area contributed by atoms with Crippen LogP contribution < -0.4 is 5.73 Å². The summed E-state index contributed by atoms with van der Waals surface area (Å²) in [5, 5.41) is 7.12. The molecular formula is C28H33F3N4O6S. The normalized spacial score (nSPS) is 23.5. The summed E-state index contributed by atoms with van der Waals surface area (Å²) < 4.78 is 59.7. The molecule has 2 unspecified atom stereocenters. The second-order valence-electron chi connectivity index (χ2n) is 10.5. The number of piperidine rings is 1. The lowest BCUT2D eigenvalue weighted by molar-refractivity contribution is -0.192. The first kappa shape index (κ1) is 31.4. The molecule has 3 aliphatic rings. The van der Waals surface area contributed by atoms with Gasteiger partial charge in [-0.3, -0.25) is 9.59 Å². The van der Waals surface area contributed by atoms with E-state index >= 15 is 0 Å². The number of carboxylic acids is 1. The smallest absolute Gasteiger partial charge is 0.475 e. The number of fused-ring (bicyclic) bond motifs is 1. The van der Waals surface area contributed by atoms with Crippen LogP contribution in [0.15, 0.2) is 65.6 Å². The van der Waals surface area contributed by atoms with Gasteiger partial charge in [-0.25, -0.2) is 13.2 Å². The molecule has 4 atom stereocenters. The monoisotopic (exact) mass is 610 g/mol. The summed E-state index contributed by atoms with van der Waals surface area (Å²) in [6.07, 6.45) is -2.14. The van der Waals surface area contributed by atoms with E-state index in [1.54, 1.807) is 35.2 Å². The summed E-state index contributed by atoms with van der Waals surface area (Å²) in [5.41, 5.74) is 7.00. The highest BCUT2D eigenvalue weighted by Crippen LogP contribution is 2.36. The third-order valence-corrected chi connectivity index (χ3v) is 9.86. The van der Waals surface area contributed by atoms with Gasteiger partial charge in [0.25, 0.3) is 0 Å². The van der Waals surface area contributed by atoms with Gasteiger partial charge in [0.05, 0.1) is 4.90 Å². The lowest BCUT2D eigenvalue weighted by Gasteiger charge is -2.39. The van der Waals surface area contributed by atoms with Gasteiger partial charge in [0.15, 0.2) is 0 Å². The second kappa shape index (κ2) is 12.8. The number of hydrogen-bond acceptors (Lipinski definition) is 6. The minimum atomic E-state index is -5.08. The zero-order valence-corrected chi connectivity index (χ0v) is 23.5. The summed E-state index contributed by atoms with van der Waals surface area (Å²) in [7, 11) is -3.62. The average Bonchev–Trinajstić information content (AvgIpc) is 3.64. The van der Waals surface area contributed by atoms with E-state index in [1.165, 1.54) is 4.31 Å². The van der Waals surface area contributed by atoms with E-state index in [9.17, 15) is 31.2 Å². The van der Waals surface area contributed by atoms with Crippen molar-refractivity contribution < 1.29 is 41.1 Å². The van der Waals surface area contributed by atoms with Crippen LogP contribution in [0.5, 0.6) is 0 Å². The predicted octanol–water partition coefficient (Wildman–Crippen LogP) is 2.62. The summed E-state index contributed by atoms with van der Waals surface area (Å²) in [6.45, 7) is 1.85. The van der Waals surface area contributed by atoms with Crippen molar-refractivity contribution in [2.75, 3.05) is 26.2 Å². The van der Waals surface area contributed by atoms with Crippen molar-refractivity contribution in [1.29, 1.82) is 0 Å². The Kier molecular flexibility index (Phi) is 9.58. The molecule has 2 amide bonds. The maximum atomic E-state index is 13.7. The highest BCUT2D eigenvalue weighted by atomic mass is 32.2. The topological polar surface area (TPSA) is 141 Å². The van der Waals surface area contributed by atoms with Crippen LogP contribution in [0.25, 0.3) is 0 Å². The van der Waals surface area contributed by atoms with E-state index in [0.29, 0.717) is 26.1 Å². The van der Waals surface area contributed by atoms with Gasteiger partial charge in [0.2, 0.25) is 21.8 Å². The third-order valence-electron chi connectivity index (χ3n) is 7.98. The number of sulfonamides is 1. The number of carbonyl (C=O) groups excluding carboxylic acids is 2. The highest BCUT2D eigenvalue weighted by Gasteiger charge is 2.47. The number of carbonyl (C=O) groups is 3. The van der Waals surface area contributed by atoms with Gasteiger partial charge >= 0.3 is 12.1 Å². The molecule has 0 aromatic heterocycles. The van der Waals surface area contributed by atoms with E-state index < -0.39 is 34.3 Å². The van der Waals surface area contributed by atoms with Crippen molar-refractivity contribution in [3.05, 3.63) is 66.2 Å². The number of nitrogens with zero attached hydrogens (tertiary/aromatic N) is 3. The Labute approximate surface area is 241 Å². The average molecular weight is 611 g/mol. The molecule has 3 aliphatic heterocycles. The third kappa shape index (κ3) is 6.76. The maximum Gasteiger partial charge on any atom is 0.490 e. The molecule has 2 aromatic carbocycles. The summed E-state index contributed by atoms with van der Waals surface area (Å²) in [5.74, 6) is -2.80. The molecule has 3 heterocycles. The van der Waals surface area contributed by atoms with Gasteiger partial charge in [-0.05, 0) is 49.3 Å². The van der Waals surface area contributed by atoms with Crippen molar-refractivity contribution in [3.8, 4) is 0 Å². The first-order valence-corrected chi connectivity index (χ1v) is 15.0. The van der Waals surface area contributed by atoms with Crippen LogP contribution in [-0.4, -0.2) is 89.9 Å². The number of alkyl halides is 3. The number of halogens is 3. The quantitative estimate of drug-likeness (QED) is 0.530. The molecule has 3 fully saturated rings. The predicted molar refractivity (Wildman–Crippen MR) is 145 cm³/mol. The number of aliphatic carboxylic acids is 1. The van der Waals surface area contributed by atoms with E-state index in [-0.39, 0.29) is 35.2 Å². The van der Waals surface area contributed by atoms with Crippen LogP contribution in [0.3, 0.4) is 0 Å². The molecule has 3 saturated heterocycles. The van der Waals surface area contributed by atoms with Gasteiger partial charge in [0.1, 0.15) is 12.1 Å². The fraction of sp³-hybridized carbons (Fsp3) is 0.464. The zero-order valence-electron chi connectivity index (χ0n) is 22.7. The Balaban J connectivity index is 0.000000517. The fourth-order valence-corrected chi connectivity index (χ4v) is 7.30. The minimum Gasteiger partial charge on any atom is -0.475 e. The summed E-state index contributed by atoms with van der Waals surface area (Å²) in [4.78, 5) is 39.6. The number of likely N-dealkylation sites (tertiary alicyclic amines) is 2. The second-order valence-corrected chi connectivity index (χ2v) is 12.4. The fourth-order valence-electron chi connectivity index (χ4n) is 5.81. The van der Waals surface area contributed by atoms with Gasteiger partial charge in [-0.15, -0.1) is 0 Å². The number of rotatable bonds is 5. The first-order valence-electron chi connectivity index (χ1n) is 13.6. The summed E-state index contributed by atoms with van der Waals surface area (Å²) in [6, 6.07) is 16.1. The van der Waals surface area contributed by atoms with Gasteiger partial charge in [0, 0.05) is 32.2 Å². The van der Waals surface area contributed by atoms with Crippen molar-refractivity contribution in [2.24, 2.45) is 11.7 Å². The Hall–Kier alpha value is -3.49. The molecule has 2 aromatic rings. The SMILES string of the molecule is N[C@H](C(=O)N1CCC[C@@H]1C(=O)N1CCC2CCN(S(=O)(=O)c3ccccc3)CC21)c1ccccc1.O=C(O)C(F)(F)F. The Morgan fingerprint density at radius 1 is 0.881 bits per heavy atom. The number of carboxylic acid groups (broad SMARTS) is 1. The Morgan fingerprint density at radius 2 is 1.45 bits per heavy atom. The number of hydrogen-bond donors (Lipinski definition) is 2. The minimum absolute atomic E-state index is 0.0810. The molecule has 0 bridgehead atoms. The largest absolute Gasteiger partial charge is 0.490 e. The molecule has 228 valence electrons. The molecule has 0 radical (unpaired) electrons. The number of benzene rings is 2. The summed E-state index contributed by atoms with van der Waals surface area (Å²) >= 11 is 0. The van der Waals surface area contributed by atoms with Gasteiger partial charge in [-0.2, -0.15) is 17.5 Å². The van der Waals surface area contributed by atoms with Gasteiger partial charge < -0.3 is 20.6 Å². The van der Waals surface area contributed by atoms with Crippen LogP contribution in [0.1, 0.15) is 37.3 Å². The molecule has 0 saturated carbocycles. The van der Waals surface area contributed by atoms with Crippen LogP contribution >= 0.6 is 0 Å². The van der Waals surface area contributed by atoms with E-state index in [2.05, 4.69) is 0 Å². The Morgan fingerprint density at radius 3 is 2.05 bits per heavy atom. The van der Waals surface area contributed by atoms with Crippen molar-refractivity contribution in [1.82, 2.24) is 14.1 Å². The van der Waals surface area contributed by atoms with Crippen LogP contribution in [0.4, 0.5) is 13.2 Å². The molecule has 10 nitrogen and oxygen atoms in total. The molecule has 5 rings (SSSR count). The molecule has 42 heavy (non-hydrogen) atoms. The van der Waals surface area contributed by atoms with Crippen LogP contribution in [0, 0.1) is 5.92 Å². The number of nitrogens with two attached hydrogens (primary N) is 1. The van der Waals surface area contributed by atoms with Crippen molar-refractivity contribution in [2.45, 2.75) is 54.9 Å². The van der Waals surface area contributed by atoms with Gasteiger partial charge in [-0.1, -0.05) is 48.5 Å². The van der Waals surface area contributed by atoms with E-state index in [0.717, 1.165) is 24.8 Å². The first-order chi connectivity index (χ1) is 19.8. The molecule has 3 N–H and O–H groups in total. The zero-order chi connectivity index (χ0) is 30.7. The molecule has 0 spiro atoms. The van der Waals surface area contributed by atoms with E-state index in [1.807, 2.05) is 35.2 Å². The standard InChI is InChI=1S/C26H32N4O4S.C2HF3O2/c27-24(20-8-3-1-4-9-20)26(32)29-15-7-12-22(29)25(31)30-17-14-19-13-16-28(18-23(19)30)35(33,34)21-10-5-2-6-11-21;3-2(4,5)1(6)7/h1-6,8-11,19,22-24H,7,12-18,27H2;(H,6,7)/t19?,22-,23?,24+;/m1./s1. The van der Waals surface area contributed by atoms with E-state index in [4.69, 9.17) is 15.6 Å². The molecule has 0 aliphatic carbocycles. The van der Waals surface area contributed by atoms with Crippen molar-refractivity contribution >= 4 is 27.8 Å². The van der Waals surface area contributed by atoms with Crippen molar-refractivity contribution in [3.63, 3.8) is 0 Å². The maximum absolute atomic E-state index is 13.7. The Bertz CT molecular complexity index is 1380. The lowest BCUT2D eigenvalue weighted by atomic mass is 9.93.